The largest absolute Gasteiger partial charge is 0.432 e. The lowest BCUT2D eigenvalue weighted by atomic mass is 10.3. The number of hydrazine groups is 1. The summed E-state index contributed by atoms with van der Waals surface area (Å²) in [4.78, 5) is 3.48. The number of likely N-dealkylation sites (N-methyl/N-ethyl adjacent to an activating group) is 1. The van der Waals surface area contributed by atoms with Crippen LogP contribution in [0.15, 0.2) is 30.4 Å². The van der Waals surface area contributed by atoms with Crippen molar-refractivity contribution in [2.75, 3.05) is 13.6 Å². The van der Waals surface area contributed by atoms with Crippen LogP contribution in [0.2, 0.25) is 0 Å². The van der Waals surface area contributed by atoms with Crippen LogP contribution in [-0.2, 0) is 0 Å². The molecular weight excluding hydrogens is 245 g/mol. The number of allylic oxidation sites excluding steroid dienone is 1. The predicted octanol–water partition coefficient (Wildman–Crippen LogP) is 2.46. The standard InChI is InChI=1S/C11H17F3N4/c1-5-10(11(12,13)14)16-7-9(3)17(4)18(6-2)8-15/h5-6,8-9,15H,1-2,7H2,3-4H3. The Hall–Kier alpha value is -1.63. The van der Waals surface area contributed by atoms with Crippen molar-refractivity contribution in [1.82, 2.24) is 10.0 Å². The maximum absolute atomic E-state index is 12.4. The van der Waals surface area contributed by atoms with Gasteiger partial charge in [-0.2, -0.15) is 13.2 Å². The fourth-order valence-corrected chi connectivity index (χ4v) is 1.12. The zero-order valence-electron chi connectivity index (χ0n) is 10.4. The van der Waals surface area contributed by atoms with Gasteiger partial charge in [0.1, 0.15) is 12.1 Å². The number of alkyl halides is 3. The van der Waals surface area contributed by atoms with Gasteiger partial charge in [0.05, 0.1) is 6.54 Å². The fourth-order valence-electron chi connectivity index (χ4n) is 1.12. The Morgan fingerprint density at radius 1 is 1.44 bits per heavy atom. The molecule has 0 aromatic heterocycles. The van der Waals surface area contributed by atoms with Crippen molar-refractivity contribution in [3.05, 3.63) is 25.4 Å². The van der Waals surface area contributed by atoms with E-state index in [0.717, 1.165) is 6.34 Å². The number of rotatable bonds is 7. The summed E-state index contributed by atoms with van der Waals surface area (Å²) in [5, 5.41) is 10.00. The van der Waals surface area contributed by atoms with E-state index >= 15 is 0 Å². The molecule has 4 nitrogen and oxygen atoms in total. The molecule has 1 atom stereocenters. The first-order chi connectivity index (χ1) is 8.27. The Bertz CT molecular complexity index is 328. The normalized spacial score (nSPS) is 14.2. The van der Waals surface area contributed by atoms with Gasteiger partial charge < -0.3 is 0 Å². The van der Waals surface area contributed by atoms with Crippen LogP contribution in [0.3, 0.4) is 0 Å². The monoisotopic (exact) mass is 262 g/mol. The molecule has 0 aliphatic rings. The van der Waals surface area contributed by atoms with E-state index < -0.39 is 11.9 Å². The quantitative estimate of drug-likeness (QED) is 0.435. The predicted molar refractivity (Wildman–Crippen MR) is 66.6 cm³/mol. The highest BCUT2D eigenvalue weighted by atomic mass is 19.4. The minimum absolute atomic E-state index is 0.0600. The molecule has 102 valence electrons. The van der Waals surface area contributed by atoms with E-state index in [-0.39, 0.29) is 12.6 Å². The molecule has 0 aromatic rings. The summed E-state index contributed by atoms with van der Waals surface area (Å²) < 4.78 is 37.2. The number of hydrogen-bond acceptors (Lipinski definition) is 3. The highest BCUT2D eigenvalue weighted by Crippen LogP contribution is 2.18. The summed E-state index contributed by atoms with van der Waals surface area (Å²) >= 11 is 0. The molecule has 0 aliphatic carbocycles. The van der Waals surface area contributed by atoms with Crippen molar-refractivity contribution in [2.45, 2.75) is 19.1 Å². The summed E-state index contributed by atoms with van der Waals surface area (Å²) in [6, 6.07) is -0.318. The van der Waals surface area contributed by atoms with Crippen LogP contribution < -0.4 is 0 Å². The first kappa shape index (κ1) is 16.4. The molecule has 0 spiro atoms. The van der Waals surface area contributed by atoms with E-state index in [1.165, 1.54) is 11.2 Å². The van der Waals surface area contributed by atoms with Gasteiger partial charge in [-0.15, -0.1) is 0 Å². The van der Waals surface area contributed by atoms with Crippen molar-refractivity contribution in [2.24, 2.45) is 4.99 Å². The summed E-state index contributed by atoms with van der Waals surface area (Å²) in [5.41, 5.74) is -0.997. The van der Waals surface area contributed by atoms with Gasteiger partial charge in [0.25, 0.3) is 0 Å². The van der Waals surface area contributed by atoms with Crippen LogP contribution >= 0.6 is 0 Å². The van der Waals surface area contributed by atoms with Crippen LogP contribution in [0.4, 0.5) is 13.2 Å². The van der Waals surface area contributed by atoms with Gasteiger partial charge in [-0.05, 0) is 13.0 Å². The Morgan fingerprint density at radius 2 is 2.00 bits per heavy atom. The average molecular weight is 262 g/mol. The molecule has 0 saturated carbocycles. The lowest BCUT2D eigenvalue weighted by Gasteiger charge is -2.31. The first-order valence-corrected chi connectivity index (χ1v) is 5.16. The number of nitrogens with one attached hydrogen (secondary N) is 1. The van der Waals surface area contributed by atoms with Crippen molar-refractivity contribution in [3.63, 3.8) is 0 Å². The van der Waals surface area contributed by atoms with Gasteiger partial charge in [0.15, 0.2) is 0 Å². The second-order valence-electron chi connectivity index (χ2n) is 3.54. The summed E-state index contributed by atoms with van der Waals surface area (Å²) in [6.07, 6.45) is -1.41. The Kier molecular flexibility index (Phi) is 6.32. The summed E-state index contributed by atoms with van der Waals surface area (Å²) in [5.74, 6) is 0. The summed E-state index contributed by atoms with van der Waals surface area (Å²) in [7, 11) is 1.63. The van der Waals surface area contributed by atoms with Crippen LogP contribution in [-0.4, -0.2) is 47.9 Å². The van der Waals surface area contributed by atoms with E-state index in [2.05, 4.69) is 18.2 Å². The Morgan fingerprint density at radius 3 is 2.33 bits per heavy atom. The van der Waals surface area contributed by atoms with Gasteiger partial charge in [-0.25, -0.2) is 5.01 Å². The summed E-state index contributed by atoms with van der Waals surface area (Å²) in [6.45, 7) is 8.21. The third kappa shape index (κ3) is 4.70. The van der Waals surface area contributed by atoms with Crippen molar-refractivity contribution in [1.29, 1.82) is 5.41 Å². The van der Waals surface area contributed by atoms with Gasteiger partial charge in [0, 0.05) is 19.3 Å². The van der Waals surface area contributed by atoms with E-state index in [1.54, 1.807) is 19.0 Å². The van der Waals surface area contributed by atoms with Gasteiger partial charge in [-0.1, -0.05) is 13.2 Å². The molecule has 7 heteroatoms. The number of halogens is 3. The highest BCUT2D eigenvalue weighted by Gasteiger charge is 2.33. The van der Waals surface area contributed by atoms with Crippen molar-refractivity contribution >= 4 is 12.1 Å². The molecule has 0 amide bonds. The maximum Gasteiger partial charge on any atom is 0.432 e. The molecule has 0 saturated heterocycles. The third-order valence-corrected chi connectivity index (χ3v) is 2.33. The van der Waals surface area contributed by atoms with Crippen LogP contribution in [0.5, 0.6) is 0 Å². The minimum Gasteiger partial charge on any atom is -0.290 e. The van der Waals surface area contributed by atoms with Gasteiger partial charge >= 0.3 is 6.18 Å². The van der Waals surface area contributed by atoms with Crippen molar-refractivity contribution < 1.29 is 13.2 Å². The SMILES string of the molecule is C=CC(=NCC(C)N(C)N(C=C)C=N)C(F)(F)F. The molecule has 0 heterocycles. The lowest BCUT2D eigenvalue weighted by molar-refractivity contribution is -0.0580. The molecule has 1 N–H and O–H groups in total. The number of nitrogens with zero attached hydrogens (tertiary/aromatic N) is 3. The highest BCUT2D eigenvalue weighted by molar-refractivity contribution is 5.99. The average Bonchev–Trinajstić information content (AvgIpc) is 2.29. The topological polar surface area (TPSA) is 42.7 Å². The molecule has 0 fully saturated rings. The number of aliphatic imine (C=N–C) groups is 1. The zero-order chi connectivity index (χ0) is 14.3. The minimum atomic E-state index is -4.49. The first-order valence-electron chi connectivity index (χ1n) is 5.16. The molecule has 1 unspecified atom stereocenters. The van der Waals surface area contributed by atoms with Crippen LogP contribution in [0.1, 0.15) is 6.92 Å². The molecule has 0 aliphatic heterocycles. The van der Waals surface area contributed by atoms with Gasteiger partial charge in [0.2, 0.25) is 0 Å². The zero-order valence-corrected chi connectivity index (χ0v) is 10.4. The smallest absolute Gasteiger partial charge is 0.290 e. The fraction of sp³-hybridized carbons (Fsp3) is 0.455. The van der Waals surface area contributed by atoms with Crippen LogP contribution in [0.25, 0.3) is 0 Å². The molecule has 0 rings (SSSR count). The molecule has 0 radical (unpaired) electrons. The van der Waals surface area contributed by atoms with E-state index in [0.29, 0.717) is 6.08 Å². The Balaban J connectivity index is 4.70. The van der Waals surface area contributed by atoms with Crippen LogP contribution in [0, 0.1) is 5.41 Å². The molecular formula is C11H17F3N4. The second-order valence-corrected chi connectivity index (χ2v) is 3.54. The third-order valence-electron chi connectivity index (χ3n) is 2.33. The number of hydrogen-bond donors (Lipinski definition) is 1. The Labute approximate surface area is 105 Å². The second kappa shape index (κ2) is 6.95. The van der Waals surface area contributed by atoms with E-state index in [9.17, 15) is 13.2 Å². The molecule has 0 aromatic carbocycles. The van der Waals surface area contributed by atoms with E-state index in [4.69, 9.17) is 5.41 Å². The van der Waals surface area contributed by atoms with Gasteiger partial charge in [-0.3, -0.25) is 15.4 Å². The molecule has 18 heavy (non-hydrogen) atoms. The van der Waals surface area contributed by atoms with Crippen molar-refractivity contribution in [3.8, 4) is 0 Å². The maximum atomic E-state index is 12.4. The van der Waals surface area contributed by atoms with E-state index in [1.807, 2.05) is 0 Å². The molecule has 0 bridgehead atoms. The lowest BCUT2D eigenvalue weighted by Crippen LogP contribution is -2.42.